The fourth-order valence-corrected chi connectivity index (χ4v) is 0.755. The summed E-state index contributed by atoms with van der Waals surface area (Å²) < 4.78 is 8.50. The molecule has 0 radical (unpaired) electrons. The first-order valence-electron chi connectivity index (χ1n) is 4.91. The summed E-state index contributed by atoms with van der Waals surface area (Å²) in [6.07, 6.45) is -1.68. The van der Waals surface area contributed by atoms with Crippen molar-refractivity contribution in [3.8, 4) is 0 Å². The van der Waals surface area contributed by atoms with Crippen LogP contribution in [0.15, 0.2) is 0 Å². The van der Waals surface area contributed by atoms with Crippen molar-refractivity contribution in [3.63, 3.8) is 0 Å². The molecule has 2 unspecified atom stereocenters. The normalized spacial score (nSPS) is 11.5. The van der Waals surface area contributed by atoms with E-state index in [-0.39, 0.29) is 48.8 Å². The first-order chi connectivity index (χ1) is 8.33. The number of aliphatic carboxylic acids is 2. The van der Waals surface area contributed by atoms with Crippen LogP contribution >= 0.6 is 0 Å². The van der Waals surface area contributed by atoms with E-state index < -0.39 is 24.1 Å². The van der Waals surface area contributed by atoms with Crippen LogP contribution < -0.4 is 10.2 Å². The van der Waals surface area contributed by atoms with Gasteiger partial charge >= 0.3 is 23.1 Å². The molecular formula is C10H14MgO8. The van der Waals surface area contributed by atoms with Gasteiger partial charge in [0.25, 0.3) is 12.9 Å². The van der Waals surface area contributed by atoms with Gasteiger partial charge in [0.1, 0.15) is 12.2 Å². The van der Waals surface area contributed by atoms with Crippen LogP contribution in [0.25, 0.3) is 0 Å². The molecule has 0 aromatic carbocycles. The first kappa shape index (κ1) is 22.8. The van der Waals surface area contributed by atoms with E-state index in [2.05, 4.69) is 9.47 Å². The monoisotopic (exact) mass is 286 g/mol. The van der Waals surface area contributed by atoms with Crippen molar-refractivity contribution in [2.75, 3.05) is 0 Å². The maximum absolute atomic E-state index is 9.78. The van der Waals surface area contributed by atoms with Crippen LogP contribution in [-0.4, -0.2) is 60.1 Å². The van der Waals surface area contributed by atoms with Gasteiger partial charge in [0.15, 0.2) is 0 Å². The van der Waals surface area contributed by atoms with Gasteiger partial charge in [-0.1, -0.05) is 0 Å². The average molecular weight is 287 g/mol. The molecule has 0 aliphatic heterocycles. The number of hydrogen-bond acceptors (Lipinski definition) is 8. The zero-order valence-electron chi connectivity index (χ0n) is 10.7. The van der Waals surface area contributed by atoms with E-state index >= 15 is 0 Å². The van der Waals surface area contributed by atoms with Gasteiger partial charge < -0.3 is 29.3 Å². The summed E-state index contributed by atoms with van der Waals surface area (Å²) in [5.74, 6) is -2.44. The van der Waals surface area contributed by atoms with Crippen LogP contribution in [0.3, 0.4) is 0 Å². The van der Waals surface area contributed by atoms with Gasteiger partial charge in [0.2, 0.25) is 0 Å². The third-order valence-electron chi connectivity index (χ3n) is 1.48. The Balaban J connectivity index is -0.000000256. The maximum Gasteiger partial charge on any atom is 2.00 e. The Hall–Kier alpha value is -1.35. The van der Waals surface area contributed by atoms with Gasteiger partial charge in [-0.3, -0.25) is 9.59 Å². The molecule has 0 saturated carbocycles. The van der Waals surface area contributed by atoms with Gasteiger partial charge in [-0.2, -0.15) is 0 Å². The smallest absolute Gasteiger partial charge is 0.550 e. The molecule has 0 aliphatic carbocycles. The van der Waals surface area contributed by atoms with Crippen molar-refractivity contribution >= 4 is 47.9 Å². The molecule has 0 heterocycles. The Morgan fingerprint density at radius 1 is 0.947 bits per heavy atom. The van der Waals surface area contributed by atoms with E-state index in [1.54, 1.807) is 0 Å². The van der Waals surface area contributed by atoms with Crippen molar-refractivity contribution in [1.29, 1.82) is 0 Å². The quantitative estimate of drug-likeness (QED) is 0.340. The van der Waals surface area contributed by atoms with E-state index in [4.69, 9.17) is 0 Å². The summed E-state index contributed by atoms with van der Waals surface area (Å²) in [4.78, 5) is 38.7. The average Bonchev–Trinajstić information content (AvgIpc) is 2.16. The van der Waals surface area contributed by atoms with E-state index in [0.29, 0.717) is 0 Å². The summed E-state index contributed by atoms with van der Waals surface area (Å²) in [6.45, 7) is 3.38. The van der Waals surface area contributed by atoms with Crippen LogP contribution in [0.4, 0.5) is 0 Å². The molecule has 19 heavy (non-hydrogen) atoms. The molecule has 104 valence electrons. The molecule has 0 aromatic rings. The SMILES string of the molecule is CC(CC(=O)[O-])OC=O.CC(CC(=O)[O-])OC=O.[Mg+2]. The largest absolute Gasteiger partial charge is 2.00 e. The predicted octanol–water partition coefficient (Wildman–Crippen LogP) is -3.00. The molecule has 0 N–H and O–H groups in total. The summed E-state index contributed by atoms with van der Waals surface area (Å²) >= 11 is 0. The molecule has 0 aliphatic rings. The van der Waals surface area contributed by atoms with Crippen molar-refractivity contribution < 1.29 is 38.9 Å². The van der Waals surface area contributed by atoms with Gasteiger partial charge in [-0.25, -0.2) is 0 Å². The van der Waals surface area contributed by atoms with Crippen LogP contribution in [0.5, 0.6) is 0 Å². The standard InChI is InChI=1S/2C5H8O4.Mg/c2*1-4(9-3-6)2-5(7)8;/h2*3-4H,2H2,1H3,(H,7,8);/q;;+2/p-2. The number of hydrogen-bond donors (Lipinski definition) is 0. The molecular weight excluding hydrogens is 272 g/mol. The zero-order chi connectivity index (χ0) is 14.6. The topological polar surface area (TPSA) is 133 Å². The zero-order valence-corrected chi connectivity index (χ0v) is 12.1. The fraction of sp³-hybridized carbons (Fsp3) is 0.600. The number of ether oxygens (including phenoxy) is 2. The second kappa shape index (κ2) is 14.7. The summed E-state index contributed by atoms with van der Waals surface area (Å²) in [5, 5.41) is 19.6. The first-order valence-corrected chi connectivity index (χ1v) is 4.91. The Morgan fingerprint density at radius 3 is 1.37 bits per heavy atom. The van der Waals surface area contributed by atoms with Crippen molar-refractivity contribution in [2.24, 2.45) is 0 Å². The van der Waals surface area contributed by atoms with Crippen molar-refractivity contribution in [1.82, 2.24) is 0 Å². The number of rotatable bonds is 8. The van der Waals surface area contributed by atoms with Gasteiger partial charge in [0, 0.05) is 24.8 Å². The molecule has 0 saturated heterocycles. The van der Waals surface area contributed by atoms with Gasteiger partial charge in [-0.05, 0) is 13.8 Å². The Bertz CT molecular complexity index is 253. The molecule has 0 rings (SSSR count). The van der Waals surface area contributed by atoms with Crippen molar-refractivity contribution in [3.05, 3.63) is 0 Å². The second-order valence-electron chi connectivity index (χ2n) is 3.24. The molecule has 0 fully saturated rings. The third kappa shape index (κ3) is 22.3. The molecule has 2 atom stereocenters. The number of carbonyl (C=O) groups is 4. The maximum atomic E-state index is 9.78. The summed E-state index contributed by atoms with van der Waals surface area (Å²) in [7, 11) is 0. The molecule has 9 heteroatoms. The van der Waals surface area contributed by atoms with E-state index in [0.717, 1.165) is 0 Å². The van der Waals surface area contributed by atoms with Crippen molar-refractivity contribution in [2.45, 2.75) is 38.9 Å². The molecule has 0 bridgehead atoms. The summed E-state index contributed by atoms with van der Waals surface area (Å²) in [5.41, 5.74) is 0. The Labute approximate surface area is 126 Å². The predicted molar refractivity (Wildman–Crippen MR) is 58.2 cm³/mol. The van der Waals surface area contributed by atoms with Gasteiger partial charge in [0.05, 0.1) is 0 Å². The minimum absolute atomic E-state index is 0. The van der Waals surface area contributed by atoms with Gasteiger partial charge in [-0.15, -0.1) is 0 Å². The minimum Gasteiger partial charge on any atom is -0.550 e. The Kier molecular flexibility index (Phi) is 17.6. The number of carboxylic acid groups (broad SMARTS) is 2. The number of carbonyl (C=O) groups excluding carboxylic acids is 4. The van der Waals surface area contributed by atoms with E-state index in [1.807, 2.05) is 0 Å². The third-order valence-corrected chi connectivity index (χ3v) is 1.48. The fourth-order valence-electron chi connectivity index (χ4n) is 0.755. The van der Waals surface area contributed by atoms with E-state index in [9.17, 15) is 29.4 Å². The summed E-state index contributed by atoms with van der Waals surface area (Å²) in [6, 6.07) is 0. The molecule has 0 amide bonds. The Morgan fingerprint density at radius 2 is 1.21 bits per heavy atom. The number of carboxylic acids is 2. The van der Waals surface area contributed by atoms with Crippen LogP contribution in [0.1, 0.15) is 26.7 Å². The molecule has 8 nitrogen and oxygen atoms in total. The van der Waals surface area contributed by atoms with Crippen LogP contribution in [-0.2, 0) is 28.7 Å². The molecule has 0 spiro atoms. The molecule has 0 aromatic heterocycles. The van der Waals surface area contributed by atoms with Crippen LogP contribution in [0, 0.1) is 0 Å². The van der Waals surface area contributed by atoms with E-state index in [1.165, 1.54) is 13.8 Å². The van der Waals surface area contributed by atoms with Crippen LogP contribution in [0.2, 0.25) is 0 Å². The minimum atomic E-state index is -1.22. The second-order valence-corrected chi connectivity index (χ2v) is 3.24.